The number of hydrogen-bond donors (Lipinski definition) is 3. The first-order chi connectivity index (χ1) is 9.00. The van der Waals surface area contributed by atoms with Crippen LogP contribution in [0.3, 0.4) is 0 Å². The van der Waals surface area contributed by atoms with Crippen LogP contribution in [0.25, 0.3) is 0 Å². The maximum absolute atomic E-state index is 11.5. The van der Waals surface area contributed by atoms with Crippen LogP contribution in [0.1, 0.15) is 25.7 Å². The van der Waals surface area contributed by atoms with E-state index in [0.717, 1.165) is 12.8 Å². The van der Waals surface area contributed by atoms with Gasteiger partial charge in [0.15, 0.2) is 0 Å². The molecule has 0 aliphatic heterocycles. The second kappa shape index (κ2) is 8.04. The van der Waals surface area contributed by atoms with Gasteiger partial charge in [0.1, 0.15) is 0 Å². The molecule has 1 fully saturated rings. The van der Waals surface area contributed by atoms with E-state index in [4.69, 9.17) is 10.8 Å². The molecule has 4 N–H and O–H groups in total. The summed E-state index contributed by atoms with van der Waals surface area (Å²) in [5, 5.41) is 11.8. The molecule has 0 heterocycles. The van der Waals surface area contributed by atoms with Crippen molar-refractivity contribution in [3.8, 4) is 0 Å². The average Bonchev–Trinajstić information content (AvgIpc) is 2.80. The summed E-state index contributed by atoms with van der Waals surface area (Å²) in [6, 6.07) is 0. The van der Waals surface area contributed by atoms with Crippen LogP contribution in [0.2, 0.25) is 0 Å². The summed E-state index contributed by atoms with van der Waals surface area (Å²) in [6.07, 6.45) is 2.78. The molecule has 6 nitrogen and oxygen atoms in total. The molecule has 1 aliphatic rings. The molecular weight excluding hydrogens is 268 g/mol. The first kappa shape index (κ1) is 15.8. The fraction of sp³-hybridized carbons (Fsp3) is 0.750. The minimum absolute atomic E-state index is 0.0414. The van der Waals surface area contributed by atoms with Gasteiger partial charge in [-0.15, -0.1) is 0 Å². The van der Waals surface area contributed by atoms with E-state index < -0.39 is 5.97 Å². The van der Waals surface area contributed by atoms with Crippen molar-refractivity contribution in [2.24, 2.45) is 17.6 Å². The predicted molar refractivity (Wildman–Crippen MR) is 72.6 cm³/mol. The van der Waals surface area contributed by atoms with Crippen molar-refractivity contribution < 1.29 is 19.5 Å². The predicted octanol–water partition coefficient (Wildman–Crippen LogP) is 0.212. The quantitative estimate of drug-likeness (QED) is 0.553. The zero-order chi connectivity index (χ0) is 14.3. The van der Waals surface area contributed by atoms with E-state index in [0.29, 0.717) is 25.1 Å². The van der Waals surface area contributed by atoms with Gasteiger partial charge in [-0.25, -0.2) is 0 Å². The van der Waals surface area contributed by atoms with Crippen LogP contribution in [0.15, 0.2) is 0 Å². The Balaban J connectivity index is 2.16. The molecule has 0 spiro atoms. The van der Waals surface area contributed by atoms with Gasteiger partial charge >= 0.3 is 5.97 Å². The van der Waals surface area contributed by atoms with Crippen molar-refractivity contribution in [1.29, 1.82) is 0 Å². The molecule has 2 atom stereocenters. The molecule has 19 heavy (non-hydrogen) atoms. The second-order valence-electron chi connectivity index (χ2n) is 4.71. The Kier molecular flexibility index (Phi) is 6.69. The lowest BCUT2D eigenvalue weighted by Gasteiger charge is -2.16. The van der Waals surface area contributed by atoms with E-state index in [1.807, 2.05) is 0 Å². The highest BCUT2D eigenvalue weighted by Gasteiger charge is 2.32. The number of rotatable bonds is 8. The zero-order valence-electron chi connectivity index (χ0n) is 10.8. The highest BCUT2D eigenvalue weighted by molar-refractivity contribution is 7.99. The van der Waals surface area contributed by atoms with Crippen LogP contribution in [0, 0.1) is 11.8 Å². The minimum Gasteiger partial charge on any atom is -0.481 e. The maximum atomic E-state index is 11.5. The lowest BCUT2D eigenvalue weighted by molar-refractivity contribution is -0.143. The van der Waals surface area contributed by atoms with Gasteiger partial charge in [0.05, 0.1) is 11.7 Å². The van der Waals surface area contributed by atoms with Crippen molar-refractivity contribution in [2.45, 2.75) is 25.7 Å². The van der Waals surface area contributed by atoms with E-state index >= 15 is 0 Å². The first-order valence-electron chi connectivity index (χ1n) is 6.36. The summed E-state index contributed by atoms with van der Waals surface area (Å²) < 4.78 is 0. The molecule has 0 aromatic rings. The Hall–Kier alpha value is -1.24. The van der Waals surface area contributed by atoms with Crippen LogP contribution < -0.4 is 11.1 Å². The van der Waals surface area contributed by atoms with Crippen LogP contribution in [-0.4, -0.2) is 40.9 Å². The van der Waals surface area contributed by atoms with Gasteiger partial charge in [-0.2, -0.15) is 11.8 Å². The third-order valence-electron chi connectivity index (χ3n) is 3.26. The van der Waals surface area contributed by atoms with Gasteiger partial charge in [0.25, 0.3) is 0 Å². The van der Waals surface area contributed by atoms with Gasteiger partial charge in [0.2, 0.25) is 11.8 Å². The summed E-state index contributed by atoms with van der Waals surface area (Å²) in [4.78, 5) is 33.0. The Morgan fingerprint density at radius 1 is 1.32 bits per heavy atom. The lowest BCUT2D eigenvalue weighted by atomic mass is 9.96. The van der Waals surface area contributed by atoms with Crippen molar-refractivity contribution in [3.05, 3.63) is 0 Å². The molecule has 0 saturated heterocycles. The highest BCUT2D eigenvalue weighted by Crippen LogP contribution is 2.31. The number of amides is 2. The Labute approximate surface area is 116 Å². The first-order valence-corrected chi connectivity index (χ1v) is 7.51. The molecule has 108 valence electrons. The Bertz CT molecular complexity index is 349. The van der Waals surface area contributed by atoms with Crippen LogP contribution in [0.4, 0.5) is 0 Å². The van der Waals surface area contributed by atoms with Gasteiger partial charge < -0.3 is 16.2 Å². The van der Waals surface area contributed by atoms with Crippen molar-refractivity contribution >= 4 is 29.5 Å². The van der Waals surface area contributed by atoms with Crippen molar-refractivity contribution in [2.75, 3.05) is 18.1 Å². The topological polar surface area (TPSA) is 109 Å². The summed E-state index contributed by atoms with van der Waals surface area (Å²) in [5.74, 6) is -0.787. The normalized spacial score (nSPS) is 22.1. The fourth-order valence-electron chi connectivity index (χ4n) is 2.28. The molecule has 0 aromatic heterocycles. The summed E-state index contributed by atoms with van der Waals surface area (Å²) >= 11 is 1.32. The molecular formula is C12H20N2O4S. The van der Waals surface area contributed by atoms with Gasteiger partial charge in [-0.3, -0.25) is 14.4 Å². The number of carboxylic acids is 1. The fourth-order valence-corrected chi connectivity index (χ4v) is 2.95. The number of thioether (sulfide) groups is 1. The highest BCUT2D eigenvalue weighted by atomic mass is 32.2. The van der Waals surface area contributed by atoms with E-state index in [9.17, 15) is 14.4 Å². The van der Waals surface area contributed by atoms with Crippen molar-refractivity contribution in [3.63, 3.8) is 0 Å². The molecule has 0 aromatic carbocycles. The number of carbonyl (C=O) groups excluding carboxylic acids is 2. The SMILES string of the molecule is NC(=O)CSCCC(=O)NCC1CCCC1C(=O)O. The van der Waals surface area contributed by atoms with Gasteiger partial charge in [-0.1, -0.05) is 6.42 Å². The number of aliphatic carboxylic acids is 1. The lowest BCUT2D eigenvalue weighted by Crippen LogP contribution is -2.33. The van der Waals surface area contributed by atoms with E-state index in [2.05, 4.69) is 5.32 Å². The number of carboxylic acid groups (broad SMARTS) is 1. The van der Waals surface area contributed by atoms with E-state index in [1.54, 1.807) is 0 Å². The molecule has 1 saturated carbocycles. The van der Waals surface area contributed by atoms with Crippen LogP contribution in [-0.2, 0) is 14.4 Å². The van der Waals surface area contributed by atoms with E-state index in [1.165, 1.54) is 11.8 Å². The van der Waals surface area contributed by atoms with Crippen molar-refractivity contribution in [1.82, 2.24) is 5.32 Å². The number of hydrogen-bond acceptors (Lipinski definition) is 4. The second-order valence-corrected chi connectivity index (χ2v) is 5.81. The smallest absolute Gasteiger partial charge is 0.306 e. The molecule has 2 amide bonds. The molecule has 2 unspecified atom stereocenters. The molecule has 0 radical (unpaired) electrons. The summed E-state index contributed by atoms with van der Waals surface area (Å²) in [6.45, 7) is 0.427. The maximum Gasteiger partial charge on any atom is 0.306 e. The number of nitrogens with one attached hydrogen (secondary N) is 1. The zero-order valence-corrected chi connectivity index (χ0v) is 11.6. The molecule has 1 rings (SSSR count). The van der Waals surface area contributed by atoms with Gasteiger partial charge in [-0.05, 0) is 18.8 Å². The van der Waals surface area contributed by atoms with Crippen LogP contribution in [0.5, 0.6) is 0 Å². The largest absolute Gasteiger partial charge is 0.481 e. The molecule has 1 aliphatic carbocycles. The monoisotopic (exact) mass is 288 g/mol. The minimum atomic E-state index is -0.770. The third-order valence-corrected chi connectivity index (χ3v) is 4.24. The summed E-state index contributed by atoms with van der Waals surface area (Å²) in [7, 11) is 0. The molecule has 0 bridgehead atoms. The number of carbonyl (C=O) groups is 3. The molecule has 7 heteroatoms. The van der Waals surface area contributed by atoms with Crippen LogP contribution >= 0.6 is 11.8 Å². The third kappa shape index (κ3) is 5.96. The van der Waals surface area contributed by atoms with E-state index in [-0.39, 0.29) is 29.4 Å². The Morgan fingerprint density at radius 3 is 2.68 bits per heavy atom. The number of primary amides is 1. The summed E-state index contributed by atoms with van der Waals surface area (Å²) in [5.41, 5.74) is 4.98. The average molecular weight is 288 g/mol. The Morgan fingerprint density at radius 2 is 2.05 bits per heavy atom. The standard InChI is InChI=1S/C12H20N2O4S/c13-10(15)7-19-5-4-11(16)14-6-8-2-1-3-9(8)12(17)18/h8-9H,1-7H2,(H2,13,15)(H,14,16)(H,17,18). The number of nitrogens with two attached hydrogens (primary N) is 1. The van der Waals surface area contributed by atoms with Gasteiger partial charge in [0, 0.05) is 18.7 Å².